The van der Waals surface area contributed by atoms with Crippen LogP contribution in [-0.4, -0.2) is 124 Å². The first kappa shape index (κ1) is 102. The number of hydrogen-bond donors (Lipinski definition) is 5. The second kappa shape index (κ2) is 42.3. The molecule has 614 valence electrons. The average Bonchev–Trinajstić information content (AvgIpc) is 1.43. The molecule has 0 spiro atoms. The van der Waals surface area contributed by atoms with E-state index in [0.717, 1.165) is 32.6 Å². The Balaban J connectivity index is 0.00000307. The molecule has 0 radical (unpaired) electrons. The van der Waals surface area contributed by atoms with Gasteiger partial charge in [-0.1, -0.05) is 173 Å². The number of anilines is 1. The van der Waals surface area contributed by atoms with E-state index in [2.05, 4.69) is 114 Å². The van der Waals surface area contributed by atoms with E-state index in [1.165, 1.54) is 18.7 Å². The number of esters is 5. The predicted molar refractivity (Wildman–Crippen MR) is 428 cm³/mol. The van der Waals surface area contributed by atoms with Gasteiger partial charge >= 0.3 is 35.8 Å². The maximum atomic E-state index is 15.4. The standard InChI is InChI=1S/C64H106N4O8S.C13H22O5.C6H12O2.C2H4O2.Zn/c1-26-64(24,25)58(73)74-28-27-29-77-39(8)54(69)67-52-48(55(70)75-50-40(59(9,10)11)30-37(6)31-41(50)60(12,13)14)46(35(2)3)44(65-52)34-45-47(36(4)5)49(53(66-45)68-57(72)63(21,22)23)56(71)76-51-42(61(15,16)17)32-38(7)33-43(51)62(18,19)20;1-6-13(4,5)12(16)18-8-10(14)7-17-11(15)9(2)3;1-4-6(2,3)5(7)8;1-2(3)4;/h34-43,50-51H,26-33H2,1-25H3,(H3,65,66,67,68,69,70,71,72);10,14H,2,6-8H2,1,3-5H3;4H2,1-3H3,(H,7,8);1H3,(H,3,4);/p-1. The summed E-state index contributed by atoms with van der Waals surface area (Å²) in [5.74, 6) is -3.13. The fraction of sp³-hybridized carbons (Fsp3) is 0.765. The summed E-state index contributed by atoms with van der Waals surface area (Å²) < 4.78 is 29.0. The summed E-state index contributed by atoms with van der Waals surface area (Å²) in [4.78, 5) is 124. The van der Waals surface area contributed by atoms with Crippen molar-refractivity contribution in [2.45, 2.75) is 309 Å². The van der Waals surface area contributed by atoms with Gasteiger partial charge in [0.2, 0.25) is 5.91 Å². The third-order valence-corrected chi connectivity index (χ3v) is 22.2. The van der Waals surface area contributed by atoms with Crippen molar-refractivity contribution in [3.8, 4) is 0 Å². The van der Waals surface area contributed by atoms with Crippen molar-refractivity contribution in [2.75, 3.05) is 30.9 Å². The van der Waals surface area contributed by atoms with Gasteiger partial charge in [0.25, 0.3) is 5.97 Å². The molecule has 1 aromatic heterocycles. The van der Waals surface area contributed by atoms with Crippen molar-refractivity contribution in [3.05, 3.63) is 45.8 Å². The molecule has 2 amide bonds. The maximum absolute atomic E-state index is 15.4. The van der Waals surface area contributed by atoms with E-state index in [1.807, 2.05) is 90.0 Å². The van der Waals surface area contributed by atoms with Crippen molar-refractivity contribution in [1.29, 1.82) is 0 Å². The third-order valence-electron chi connectivity index (χ3n) is 20.9. The van der Waals surface area contributed by atoms with Gasteiger partial charge < -0.3 is 54.6 Å². The van der Waals surface area contributed by atoms with Crippen LogP contribution in [0, 0.1) is 84.7 Å². The largest absolute Gasteiger partial charge is 0.481 e. The summed E-state index contributed by atoms with van der Waals surface area (Å²) in [6.07, 6.45) is 6.17. The van der Waals surface area contributed by atoms with Crippen LogP contribution in [0.1, 0.15) is 307 Å². The predicted octanol–water partition coefficient (Wildman–Crippen LogP) is 18.1. The van der Waals surface area contributed by atoms with Crippen LogP contribution >= 0.6 is 11.8 Å². The number of rotatable bonds is 25. The molecule has 0 aromatic carbocycles. The Morgan fingerprint density at radius 3 is 1.35 bits per heavy atom. The van der Waals surface area contributed by atoms with Gasteiger partial charge in [0.05, 0.1) is 39.4 Å². The fourth-order valence-electron chi connectivity index (χ4n) is 12.6. The van der Waals surface area contributed by atoms with Gasteiger partial charge in [-0.2, -0.15) is 0 Å². The molecule has 6 atom stereocenters. The number of aromatic nitrogens is 1. The number of aliphatic imine (C=N–C) groups is 1. The van der Waals surface area contributed by atoms with Gasteiger partial charge in [0.15, 0.2) is 0 Å². The summed E-state index contributed by atoms with van der Waals surface area (Å²) in [6, 6.07) is 0. The topological polar surface area (TPSA) is 311 Å². The molecule has 2 saturated carbocycles. The average molecular weight is 1590 g/mol. The van der Waals surface area contributed by atoms with Gasteiger partial charge in [0, 0.05) is 61.1 Å². The molecule has 23 heteroatoms. The van der Waals surface area contributed by atoms with Crippen molar-refractivity contribution < 1.29 is 102 Å². The van der Waals surface area contributed by atoms with Gasteiger partial charge in [-0.25, -0.2) is 19.4 Å². The van der Waals surface area contributed by atoms with Gasteiger partial charge in [0.1, 0.15) is 48.8 Å². The minimum Gasteiger partial charge on any atom is -0.481 e. The number of hydrogen-bond acceptors (Lipinski definition) is 17. The van der Waals surface area contributed by atoms with E-state index >= 15 is 9.59 Å². The number of nitrogens with zero attached hydrogens (tertiary/aromatic N) is 2. The molecule has 108 heavy (non-hydrogen) atoms. The first-order valence-electron chi connectivity index (χ1n) is 38.7. The van der Waals surface area contributed by atoms with Gasteiger partial charge in [-0.05, 0) is 187 Å². The molecule has 3 aliphatic rings. The van der Waals surface area contributed by atoms with Crippen molar-refractivity contribution >= 4 is 83.1 Å². The Bertz CT molecular complexity index is 3270. The zero-order chi connectivity index (χ0) is 83.6. The van der Waals surface area contributed by atoms with Crippen LogP contribution in [0.3, 0.4) is 0 Å². The molecule has 0 bridgehead atoms. The number of aliphatic hydroxyl groups is 1. The minimum absolute atomic E-state index is 0. The number of carboxylic acid groups (broad SMARTS) is 2. The summed E-state index contributed by atoms with van der Waals surface area (Å²) >= 11 is 1.43. The zero-order valence-electron chi connectivity index (χ0n) is 72.8. The number of carbonyl (C=O) groups excluding carboxylic acids is 7. The number of aliphatic hydroxyl groups excluding tert-OH is 1. The quantitative estimate of drug-likeness (QED) is 0.0200. The van der Waals surface area contributed by atoms with E-state index in [9.17, 15) is 33.9 Å². The number of carboxylic acids is 2. The molecule has 4 rings (SSSR count). The van der Waals surface area contributed by atoms with Crippen molar-refractivity contribution in [3.63, 3.8) is 0 Å². The van der Waals surface area contributed by atoms with E-state index in [-0.39, 0.29) is 149 Å². The second-order valence-electron chi connectivity index (χ2n) is 37.9. The van der Waals surface area contributed by atoms with Crippen molar-refractivity contribution in [2.24, 2.45) is 89.7 Å². The Labute approximate surface area is 667 Å². The Morgan fingerprint density at radius 1 is 0.602 bits per heavy atom. The Morgan fingerprint density at radius 2 is 1.00 bits per heavy atom. The molecule has 2 aliphatic carbocycles. The van der Waals surface area contributed by atoms with Crippen LogP contribution in [0.5, 0.6) is 0 Å². The fourth-order valence-corrected chi connectivity index (χ4v) is 13.5. The molecule has 2 fully saturated rings. The van der Waals surface area contributed by atoms with Gasteiger partial charge in [-0.3, -0.25) is 28.8 Å². The normalized spacial score (nSPS) is 21.0. The van der Waals surface area contributed by atoms with E-state index < -0.39 is 75.1 Å². The molecule has 6 unspecified atom stereocenters. The number of aliphatic carboxylic acids is 2. The first-order chi connectivity index (χ1) is 48.5. The monoisotopic (exact) mass is 1590 g/mol. The van der Waals surface area contributed by atoms with Crippen LogP contribution in [-0.2, 0) is 81.5 Å². The molecule has 0 saturated heterocycles. The number of amidine groups is 1. The number of amides is 2. The minimum atomic E-state index is -1.02. The van der Waals surface area contributed by atoms with E-state index in [0.29, 0.717) is 65.8 Å². The van der Waals surface area contributed by atoms with Crippen LogP contribution in [0.4, 0.5) is 5.82 Å². The number of carbonyl (C=O) groups is 9. The maximum Gasteiger partial charge on any atom is 0.342 e. The van der Waals surface area contributed by atoms with Gasteiger partial charge in [-0.15, -0.1) is 11.8 Å². The van der Waals surface area contributed by atoms with Crippen LogP contribution in [0.15, 0.2) is 34.0 Å². The summed E-state index contributed by atoms with van der Waals surface area (Å²) in [5.41, 5.74) is -0.563. The number of ether oxygens (including phenoxy) is 5. The van der Waals surface area contributed by atoms with E-state index in [4.69, 9.17) is 48.7 Å². The smallest absolute Gasteiger partial charge is 0.342 e. The molecular weight excluding hydrogens is 1450 g/mol. The van der Waals surface area contributed by atoms with Crippen LogP contribution < -0.4 is 15.6 Å². The van der Waals surface area contributed by atoms with Crippen LogP contribution in [0.2, 0.25) is 0 Å². The number of nitrogens with one attached hydrogen (secondary N) is 2. The van der Waals surface area contributed by atoms with Crippen LogP contribution in [0.25, 0.3) is 6.08 Å². The van der Waals surface area contributed by atoms with E-state index in [1.54, 1.807) is 33.8 Å². The zero-order valence-corrected chi connectivity index (χ0v) is 76.5. The summed E-state index contributed by atoms with van der Waals surface area (Å²) in [5, 5.41) is 30.9. The number of thioether (sulfide) groups is 1. The molecule has 1 aliphatic heterocycles. The molecule has 21 nitrogen and oxygen atoms in total. The Kier molecular flexibility index (Phi) is 40.1. The first-order valence-corrected chi connectivity index (χ1v) is 39.7. The number of allylic oxidation sites excluding steroid dienone is 1. The SMILES string of the molecule is C=C(C)C(=O)OCC(O)COC(=O)C(C)(C)CC.CC(=O)O.CCC(C)(C)C(=O)O.CCC(C)(C)C(=O)OCCCSC(C)C(=O)NC1=NC(=Cc2[n-]c(NC(=O)C(C)(C)C)c(C(=O)OC3C(C(C)(C)C)CC(C)CC3C(C)(C)C)c2C(C)C)C(C(C)C)=C1C(=O)OC1C(C(C)(C)C)CC(C)CC1C(C)(C)C.[Zn]. The van der Waals surface area contributed by atoms with Crippen molar-refractivity contribution in [1.82, 2.24) is 10.3 Å². The molecule has 5 N–H and O–H groups in total. The molecule has 2 heterocycles. The summed E-state index contributed by atoms with van der Waals surface area (Å²) in [7, 11) is 0. The molecule has 1 aromatic rings. The third kappa shape index (κ3) is 31.5. The second-order valence-corrected chi connectivity index (χ2v) is 39.3. The summed E-state index contributed by atoms with van der Waals surface area (Å²) in [6.45, 7) is 68.7. The molecular formula is C85H143N4O17SZn-. The Hall–Kier alpha value is -5.67.